The van der Waals surface area contributed by atoms with E-state index in [0.717, 1.165) is 11.1 Å². The number of hydrogen-bond donors (Lipinski definition) is 0. The molecule has 0 radical (unpaired) electrons. The van der Waals surface area contributed by atoms with Crippen LogP contribution in [0.25, 0.3) is 0 Å². The molecule has 0 spiro atoms. The number of methoxy groups -OCH3 is 1. The number of hydrogen-bond acceptors (Lipinski definition) is 2. The second-order valence-corrected chi connectivity index (χ2v) is 5.57. The van der Waals surface area contributed by atoms with Gasteiger partial charge in [0.15, 0.2) is 0 Å². The van der Waals surface area contributed by atoms with Crippen molar-refractivity contribution in [3.8, 4) is 5.75 Å². The molecule has 3 heteroatoms. The number of ether oxygens (including phenoxy) is 2. The highest BCUT2D eigenvalue weighted by Crippen LogP contribution is 2.34. The van der Waals surface area contributed by atoms with E-state index >= 15 is 0 Å². The Balaban J connectivity index is 1.92. The van der Waals surface area contributed by atoms with Crippen LogP contribution in [0.5, 0.6) is 5.75 Å². The van der Waals surface area contributed by atoms with Crippen LogP contribution in [0.4, 0.5) is 0 Å². The Morgan fingerprint density at radius 2 is 1.78 bits per heavy atom. The Bertz CT molecular complexity index is 355. The van der Waals surface area contributed by atoms with Gasteiger partial charge in [0.2, 0.25) is 0 Å². The van der Waals surface area contributed by atoms with Gasteiger partial charge in [0.25, 0.3) is 0 Å². The van der Waals surface area contributed by atoms with Crippen LogP contribution in [-0.4, -0.2) is 18.0 Å². The molecule has 2 rings (SSSR count). The summed E-state index contributed by atoms with van der Waals surface area (Å²) in [6.45, 7) is 0.690. The topological polar surface area (TPSA) is 18.5 Å². The molecule has 0 N–H and O–H groups in total. The minimum Gasteiger partial charge on any atom is -0.497 e. The van der Waals surface area contributed by atoms with Crippen LogP contribution in [0.15, 0.2) is 24.3 Å². The maximum absolute atomic E-state index is 6.19. The molecular weight excluding hydrogens is 292 g/mol. The lowest BCUT2D eigenvalue weighted by Crippen LogP contribution is -2.36. The lowest BCUT2D eigenvalue weighted by Gasteiger charge is -2.35. The molecule has 2 nitrogen and oxygen atoms in total. The van der Waals surface area contributed by atoms with Crippen LogP contribution in [0.1, 0.15) is 37.7 Å². The summed E-state index contributed by atoms with van der Waals surface area (Å²) >= 11 is 3.62. The van der Waals surface area contributed by atoms with Crippen LogP contribution in [0.3, 0.4) is 0 Å². The fourth-order valence-corrected chi connectivity index (χ4v) is 3.19. The van der Waals surface area contributed by atoms with Gasteiger partial charge in [-0.05, 0) is 30.5 Å². The Morgan fingerprint density at radius 1 is 1.11 bits per heavy atom. The highest BCUT2D eigenvalue weighted by molar-refractivity contribution is 9.09. The average Bonchev–Trinajstić information content (AvgIpc) is 2.47. The van der Waals surface area contributed by atoms with E-state index in [-0.39, 0.29) is 5.60 Å². The molecule has 1 saturated carbocycles. The monoisotopic (exact) mass is 312 g/mol. The highest BCUT2D eigenvalue weighted by Gasteiger charge is 2.31. The zero-order valence-electron chi connectivity index (χ0n) is 11.0. The Kier molecular flexibility index (Phi) is 5.07. The quantitative estimate of drug-likeness (QED) is 0.754. The Labute approximate surface area is 118 Å². The van der Waals surface area contributed by atoms with Crippen LogP contribution in [0, 0.1) is 0 Å². The molecule has 0 aliphatic heterocycles. The molecular formula is C15H21BrO2. The fourth-order valence-electron chi connectivity index (χ4n) is 2.47. The number of halogens is 1. The van der Waals surface area contributed by atoms with Crippen molar-refractivity contribution in [1.29, 1.82) is 0 Å². The molecule has 1 aliphatic carbocycles. The lowest BCUT2D eigenvalue weighted by atomic mass is 9.86. The molecule has 0 saturated heterocycles. The minimum atomic E-state index is 0.0537. The van der Waals surface area contributed by atoms with Gasteiger partial charge in [-0.1, -0.05) is 47.3 Å². The van der Waals surface area contributed by atoms with E-state index in [1.54, 1.807) is 7.11 Å². The summed E-state index contributed by atoms with van der Waals surface area (Å²) in [7, 11) is 1.69. The summed E-state index contributed by atoms with van der Waals surface area (Å²) in [5.41, 5.74) is 1.26. The molecule has 0 bridgehead atoms. The standard InChI is InChI=1S/C15H21BrO2/c1-17-14-7-5-13(6-8-14)11-18-15(12-16)9-3-2-4-10-15/h5-8H,2-4,9-12H2,1H3. The van der Waals surface area contributed by atoms with Crippen molar-refractivity contribution in [2.75, 3.05) is 12.4 Å². The van der Waals surface area contributed by atoms with Crippen molar-refractivity contribution >= 4 is 15.9 Å². The summed E-state index contributed by atoms with van der Waals surface area (Å²) in [6.07, 6.45) is 6.27. The summed E-state index contributed by atoms with van der Waals surface area (Å²) in [5, 5.41) is 0.941. The molecule has 100 valence electrons. The van der Waals surface area contributed by atoms with Crippen LogP contribution < -0.4 is 4.74 Å². The normalized spacial score (nSPS) is 18.6. The smallest absolute Gasteiger partial charge is 0.118 e. The maximum Gasteiger partial charge on any atom is 0.118 e. The van der Waals surface area contributed by atoms with Gasteiger partial charge in [-0.2, -0.15) is 0 Å². The van der Waals surface area contributed by atoms with Crippen molar-refractivity contribution in [2.45, 2.75) is 44.3 Å². The summed E-state index contributed by atoms with van der Waals surface area (Å²) in [4.78, 5) is 0. The van der Waals surface area contributed by atoms with Crippen molar-refractivity contribution < 1.29 is 9.47 Å². The van der Waals surface area contributed by atoms with Crippen molar-refractivity contribution in [1.82, 2.24) is 0 Å². The second kappa shape index (κ2) is 6.58. The summed E-state index contributed by atoms with van der Waals surface area (Å²) in [6, 6.07) is 8.12. The first kappa shape index (κ1) is 13.9. The SMILES string of the molecule is COc1ccc(COC2(CBr)CCCCC2)cc1. The molecule has 0 aromatic heterocycles. The van der Waals surface area contributed by atoms with Gasteiger partial charge in [0, 0.05) is 5.33 Å². The van der Waals surface area contributed by atoms with E-state index < -0.39 is 0 Å². The van der Waals surface area contributed by atoms with Crippen molar-refractivity contribution in [3.05, 3.63) is 29.8 Å². The van der Waals surface area contributed by atoms with Gasteiger partial charge in [0.1, 0.15) is 5.75 Å². The third-order valence-corrected chi connectivity index (χ3v) is 4.73. The fraction of sp³-hybridized carbons (Fsp3) is 0.600. The first-order chi connectivity index (χ1) is 8.78. The third kappa shape index (κ3) is 3.48. The lowest BCUT2D eigenvalue weighted by molar-refractivity contribution is -0.0619. The zero-order valence-corrected chi connectivity index (χ0v) is 12.5. The first-order valence-electron chi connectivity index (χ1n) is 6.61. The molecule has 0 unspecified atom stereocenters. The van der Waals surface area contributed by atoms with Gasteiger partial charge in [0.05, 0.1) is 19.3 Å². The molecule has 1 fully saturated rings. The molecule has 1 aromatic rings. The van der Waals surface area contributed by atoms with E-state index in [1.807, 2.05) is 12.1 Å². The van der Waals surface area contributed by atoms with Crippen LogP contribution in [-0.2, 0) is 11.3 Å². The van der Waals surface area contributed by atoms with Gasteiger partial charge in [-0.25, -0.2) is 0 Å². The number of rotatable bonds is 5. The van der Waals surface area contributed by atoms with E-state index in [1.165, 1.54) is 37.7 Å². The summed E-state index contributed by atoms with van der Waals surface area (Å²) < 4.78 is 11.3. The molecule has 1 aromatic carbocycles. The highest BCUT2D eigenvalue weighted by atomic mass is 79.9. The van der Waals surface area contributed by atoms with Crippen LogP contribution >= 0.6 is 15.9 Å². The van der Waals surface area contributed by atoms with E-state index in [4.69, 9.17) is 9.47 Å². The van der Waals surface area contributed by atoms with Gasteiger partial charge in [-0.15, -0.1) is 0 Å². The van der Waals surface area contributed by atoms with Gasteiger partial charge < -0.3 is 9.47 Å². The predicted octanol–water partition coefficient (Wildman–Crippen LogP) is 4.31. The summed E-state index contributed by atoms with van der Waals surface area (Å²) in [5.74, 6) is 0.895. The zero-order chi connectivity index (χ0) is 12.8. The molecule has 18 heavy (non-hydrogen) atoms. The Morgan fingerprint density at radius 3 is 2.33 bits per heavy atom. The molecule has 1 aliphatic rings. The first-order valence-corrected chi connectivity index (χ1v) is 7.73. The number of benzene rings is 1. The molecule has 0 amide bonds. The largest absolute Gasteiger partial charge is 0.497 e. The Hall–Kier alpha value is -0.540. The van der Waals surface area contributed by atoms with E-state index in [0.29, 0.717) is 6.61 Å². The van der Waals surface area contributed by atoms with E-state index in [2.05, 4.69) is 28.1 Å². The van der Waals surface area contributed by atoms with E-state index in [9.17, 15) is 0 Å². The average molecular weight is 313 g/mol. The van der Waals surface area contributed by atoms with Crippen LogP contribution in [0.2, 0.25) is 0 Å². The van der Waals surface area contributed by atoms with Crippen molar-refractivity contribution in [3.63, 3.8) is 0 Å². The maximum atomic E-state index is 6.19. The number of alkyl halides is 1. The molecule has 0 atom stereocenters. The van der Waals surface area contributed by atoms with Crippen molar-refractivity contribution in [2.24, 2.45) is 0 Å². The molecule has 0 heterocycles. The minimum absolute atomic E-state index is 0.0537. The second-order valence-electron chi connectivity index (χ2n) is 5.01. The predicted molar refractivity (Wildman–Crippen MR) is 77.4 cm³/mol. The van der Waals surface area contributed by atoms with Gasteiger partial charge in [-0.3, -0.25) is 0 Å². The van der Waals surface area contributed by atoms with Gasteiger partial charge >= 0.3 is 0 Å². The third-order valence-electron chi connectivity index (χ3n) is 3.71.